The van der Waals surface area contributed by atoms with Gasteiger partial charge in [0.05, 0.1) is 5.57 Å². The van der Waals surface area contributed by atoms with Crippen LogP contribution in [-0.4, -0.2) is 17.3 Å². The van der Waals surface area contributed by atoms with Crippen molar-refractivity contribution in [1.82, 2.24) is 0 Å². The third kappa shape index (κ3) is 2.05. The lowest BCUT2D eigenvalue weighted by Crippen LogP contribution is -2.25. The number of benzene rings is 2. The average molecular weight is 354 g/mol. The van der Waals surface area contributed by atoms with Crippen LogP contribution in [0.3, 0.4) is 0 Å². The number of ketones is 3. The number of hydrogen-bond acceptors (Lipinski definition) is 3. The molecule has 3 aliphatic carbocycles. The van der Waals surface area contributed by atoms with Gasteiger partial charge in [-0.2, -0.15) is 0 Å². The van der Waals surface area contributed by atoms with E-state index in [1.807, 2.05) is 38.1 Å². The van der Waals surface area contributed by atoms with Gasteiger partial charge in [-0.25, -0.2) is 0 Å². The van der Waals surface area contributed by atoms with Crippen molar-refractivity contribution in [3.05, 3.63) is 81.9 Å². The van der Waals surface area contributed by atoms with Crippen LogP contribution in [0.5, 0.6) is 0 Å². The SMILES string of the molecule is CC1(C)CC(=O)CC2=C1C(=C1C(=O)c3ccccc3C1=O)c1ccccc12. The van der Waals surface area contributed by atoms with E-state index >= 15 is 0 Å². The molecule has 0 atom stereocenters. The van der Waals surface area contributed by atoms with Crippen molar-refractivity contribution < 1.29 is 14.4 Å². The summed E-state index contributed by atoms with van der Waals surface area (Å²) in [5.41, 5.74) is 5.38. The minimum atomic E-state index is -0.415. The van der Waals surface area contributed by atoms with Crippen LogP contribution in [0.1, 0.15) is 58.5 Å². The van der Waals surface area contributed by atoms with Gasteiger partial charge < -0.3 is 0 Å². The first-order valence-electron chi connectivity index (χ1n) is 9.18. The zero-order valence-corrected chi connectivity index (χ0v) is 15.3. The second kappa shape index (κ2) is 5.23. The molecule has 0 N–H and O–H groups in total. The molecule has 0 saturated carbocycles. The fourth-order valence-corrected chi connectivity index (χ4v) is 4.89. The predicted octanol–water partition coefficient (Wildman–Crippen LogP) is 4.68. The van der Waals surface area contributed by atoms with E-state index in [0.717, 1.165) is 27.8 Å². The highest BCUT2D eigenvalue weighted by atomic mass is 16.2. The molecule has 0 bridgehead atoms. The van der Waals surface area contributed by atoms with Crippen LogP contribution in [0.25, 0.3) is 11.1 Å². The molecule has 0 aromatic heterocycles. The van der Waals surface area contributed by atoms with Crippen LogP contribution in [-0.2, 0) is 4.79 Å². The molecule has 3 nitrogen and oxygen atoms in total. The summed E-state index contributed by atoms with van der Waals surface area (Å²) in [6.45, 7) is 4.06. The number of carbonyl (C=O) groups is 3. The third-order valence-electron chi connectivity index (χ3n) is 5.88. The zero-order chi connectivity index (χ0) is 18.9. The van der Waals surface area contributed by atoms with Crippen molar-refractivity contribution >= 4 is 28.5 Å². The van der Waals surface area contributed by atoms with E-state index in [1.165, 1.54) is 0 Å². The number of allylic oxidation sites excluding steroid dienone is 4. The standard InChI is InChI=1S/C24H18O3/c1-24(2)12-13(25)11-18-14-7-3-4-8-15(14)19(21(18)24)20-22(26)16-9-5-6-10-17(16)23(20)27/h3-10H,11-12H2,1-2H3. The topological polar surface area (TPSA) is 51.2 Å². The molecule has 3 aliphatic rings. The molecule has 0 radical (unpaired) electrons. The van der Waals surface area contributed by atoms with Gasteiger partial charge in [0.25, 0.3) is 0 Å². The van der Waals surface area contributed by atoms with Gasteiger partial charge in [0.2, 0.25) is 0 Å². The Bertz CT molecular complexity index is 1100. The molecule has 3 heteroatoms. The van der Waals surface area contributed by atoms with Crippen LogP contribution in [0, 0.1) is 5.41 Å². The lowest BCUT2D eigenvalue weighted by molar-refractivity contribution is -0.119. The largest absolute Gasteiger partial charge is 0.299 e. The number of hydrogen-bond donors (Lipinski definition) is 0. The molecular weight excluding hydrogens is 336 g/mol. The second-order valence-electron chi connectivity index (χ2n) is 8.13. The number of rotatable bonds is 0. The Morgan fingerprint density at radius 3 is 1.81 bits per heavy atom. The van der Waals surface area contributed by atoms with Gasteiger partial charge in [-0.1, -0.05) is 62.4 Å². The average Bonchev–Trinajstić information content (AvgIpc) is 3.08. The van der Waals surface area contributed by atoms with Gasteiger partial charge in [-0.05, 0) is 27.7 Å². The van der Waals surface area contributed by atoms with E-state index in [1.54, 1.807) is 24.3 Å². The maximum Gasteiger partial charge on any atom is 0.198 e. The fourth-order valence-electron chi connectivity index (χ4n) is 4.89. The first kappa shape index (κ1) is 16.1. The Morgan fingerprint density at radius 2 is 1.22 bits per heavy atom. The Morgan fingerprint density at radius 1 is 0.704 bits per heavy atom. The van der Waals surface area contributed by atoms with E-state index in [-0.39, 0.29) is 22.9 Å². The van der Waals surface area contributed by atoms with Crippen LogP contribution in [0.4, 0.5) is 0 Å². The van der Waals surface area contributed by atoms with E-state index in [2.05, 4.69) is 0 Å². The van der Waals surface area contributed by atoms with E-state index in [4.69, 9.17) is 0 Å². The highest BCUT2D eigenvalue weighted by Gasteiger charge is 2.45. The van der Waals surface area contributed by atoms with Crippen molar-refractivity contribution in [3.8, 4) is 0 Å². The molecular formula is C24H18O3. The fraction of sp³-hybridized carbons (Fsp3) is 0.208. The third-order valence-corrected chi connectivity index (χ3v) is 5.88. The van der Waals surface area contributed by atoms with Gasteiger partial charge in [0.15, 0.2) is 11.6 Å². The van der Waals surface area contributed by atoms with Crippen LogP contribution >= 0.6 is 0 Å². The van der Waals surface area contributed by atoms with Gasteiger partial charge >= 0.3 is 0 Å². The smallest absolute Gasteiger partial charge is 0.198 e. The zero-order valence-electron chi connectivity index (χ0n) is 15.3. The Labute approximate surface area is 157 Å². The molecule has 0 unspecified atom stereocenters. The summed E-state index contributed by atoms with van der Waals surface area (Å²) in [5, 5.41) is 0. The molecule has 2 aromatic carbocycles. The summed E-state index contributed by atoms with van der Waals surface area (Å²) in [5.74, 6) is -0.212. The number of fused-ring (bicyclic) bond motifs is 3. The molecule has 132 valence electrons. The van der Waals surface area contributed by atoms with Crippen molar-refractivity contribution in [3.63, 3.8) is 0 Å². The summed E-state index contributed by atoms with van der Waals surface area (Å²) in [7, 11) is 0. The van der Waals surface area contributed by atoms with Gasteiger partial charge in [-0.15, -0.1) is 0 Å². The van der Waals surface area contributed by atoms with E-state index < -0.39 is 5.41 Å². The van der Waals surface area contributed by atoms with Crippen LogP contribution in [0.2, 0.25) is 0 Å². The number of carbonyl (C=O) groups excluding carboxylic acids is 3. The monoisotopic (exact) mass is 354 g/mol. The maximum atomic E-state index is 13.2. The Balaban J connectivity index is 1.87. The van der Waals surface area contributed by atoms with E-state index in [9.17, 15) is 14.4 Å². The normalized spacial score (nSPS) is 20.1. The molecule has 0 heterocycles. The van der Waals surface area contributed by atoms with Crippen molar-refractivity contribution in [1.29, 1.82) is 0 Å². The lowest BCUT2D eigenvalue weighted by Gasteiger charge is -2.32. The Kier molecular flexibility index (Phi) is 3.12. The highest BCUT2D eigenvalue weighted by Crippen LogP contribution is 2.56. The van der Waals surface area contributed by atoms with Crippen molar-refractivity contribution in [2.45, 2.75) is 26.7 Å². The second-order valence-corrected chi connectivity index (χ2v) is 8.13. The van der Waals surface area contributed by atoms with Gasteiger partial charge in [0.1, 0.15) is 5.78 Å². The van der Waals surface area contributed by atoms with Crippen molar-refractivity contribution in [2.24, 2.45) is 5.41 Å². The van der Waals surface area contributed by atoms with Crippen LogP contribution in [0.15, 0.2) is 59.7 Å². The summed E-state index contributed by atoms with van der Waals surface area (Å²) in [6, 6.07) is 14.8. The molecule has 0 aliphatic heterocycles. The minimum absolute atomic E-state index is 0.201. The summed E-state index contributed by atoms with van der Waals surface area (Å²) < 4.78 is 0. The Hall–Kier alpha value is -3.07. The molecule has 0 fully saturated rings. The summed E-state index contributed by atoms with van der Waals surface area (Å²) >= 11 is 0. The van der Waals surface area contributed by atoms with E-state index in [0.29, 0.717) is 24.0 Å². The molecule has 2 aromatic rings. The minimum Gasteiger partial charge on any atom is -0.299 e. The van der Waals surface area contributed by atoms with Crippen molar-refractivity contribution in [2.75, 3.05) is 0 Å². The summed E-state index contributed by atoms with van der Waals surface area (Å²) in [6.07, 6.45) is 0.786. The lowest BCUT2D eigenvalue weighted by atomic mass is 9.70. The molecule has 27 heavy (non-hydrogen) atoms. The molecule has 0 amide bonds. The molecule has 0 spiro atoms. The van der Waals surface area contributed by atoms with Gasteiger partial charge in [-0.3, -0.25) is 14.4 Å². The first-order chi connectivity index (χ1) is 12.9. The molecule has 0 saturated heterocycles. The maximum absolute atomic E-state index is 13.2. The molecule has 5 rings (SSSR count). The quantitative estimate of drug-likeness (QED) is 0.510. The van der Waals surface area contributed by atoms with Crippen LogP contribution < -0.4 is 0 Å². The summed E-state index contributed by atoms with van der Waals surface area (Å²) in [4.78, 5) is 38.8. The predicted molar refractivity (Wildman–Crippen MR) is 103 cm³/mol. The van der Waals surface area contributed by atoms with Gasteiger partial charge in [0, 0.05) is 29.5 Å². The highest BCUT2D eigenvalue weighted by molar-refractivity contribution is 6.43. The number of Topliss-reactive ketones (excluding diaryl/α,β-unsaturated/α-hetero) is 3. The first-order valence-corrected chi connectivity index (χ1v) is 9.18.